The molecule has 1 saturated heterocycles. The first-order valence-electron chi connectivity index (χ1n) is 9.62. The predicted octanol–water partition coefficient (Wildman–Crippen LogP) is 1.17. The Bertz CT molecular complexity index is 938. The van der Waals surface area contributed by atoms with Crippen LogP contribution in [0.15, 0.2) is 29.4 Å². The first-order chi connectivity index (χ1) is 13.8. The number of aromatic nitrogens is 2. The number of carbonyl (C=O) groups excluding carboxylic acids is 1. The van der Waals surface area contributed by atoms with Crippen molar-refractivity contribution >= 4 is 23.8 Å². The van der Waals surface area contributed by atoms with Crippen LogP contribution < -0.4 is 10.2 Å². The number of rotatable bonds is 4. The molecule has 2 aromatic rings. The third-order valence-electron chi connectivity index (χ3n) is 5.40. The molecule has 3 aliphatic heterocycles. The van der Waals surface area contributed by atoms with Gasteiger partial charge in [0.1, 0.15) is 0 Å². The van der Waals surface area contributed by atoms with Crippen molar-refractivity contribution in [3.05, 3.63) is 35.5 Å². The molecule has 144 valence electrons. The van der Waals surface area contributed by atoms with Crippen molar-refractivity contribution in [1.29, 1.82) is 0 Å². The monoisotopic (exact) mass is 378 g/mol. The van der Waals surface area contributed by atoms with E-state index in [0.29, 0.717) is 18.2 Å². The molecule has 0 spiro atoms. The van der Waals surface area contributed by atoms with Crippen molar-refractivity contribution in [2.75, 3.05) is 56.2 Å². The number of nitrogens with zero attached hydrogens (tertiary/aromatic N) is 5. The zero-order chi connectivity index (χ0) is 18.9. The van der Waals surface area contributed by atoms with Crippen LogP contribution in [0.4, 0.5) is 11.6 Å². The Hall–Kier alpha value is -2.84. The molecule has 1 amide bonds. The molecule has 0 unspecified atom stereocenters. The van der Waals surface area contributed by atoms with E-state index in [1.165, 1.54) is 5.56 Å². The molecule has 8 nitrogen and oxygen atoms in total. The summed E-state index contributed by atoms with van der Waals surface area (Å²) in [5.74, 6) is 1.29. The van der Waals surface area contributed by atoms with Crippen LogP contribution in [0, 0.1) is 0 Å². The number of morpholine rings is 1. The van der Waals surface area contributed by atoms with E-state index in [4.69, 9.17) is 9.72 Å². The molecule has 0 bridgehead atoms. The highest BCUT2D eigenvalue weighted by atomic mass is 16.5. The van der Waals surface area contributed by atoms with Gasteiger partial charge < -0.3 is 10.1 Å². The molecule has 8 heteroatoms. The van der Waals surface area contributed by atoms with Gasteiger partial charge in [0.15, 0.2) is 11.6 Å². The van der Waals surface area contributed by atoms with Gasteiger partial charge in [-0.05, 0) is 17.2 Å². The molecule has 0 atom stereocenters. The fourth-order valence-electron chi connectivity index (χ4n) is 3.76. The summed E-state index contributed by atoms with van der Waals surface area (Å²) >= 11 is 0. The summed E-state index contributed by atoms with van der Waals surface area (Å²) in [4.78, 5) is 30.3. The van der Waals surface area contributed by atoms with Crippen molar-refractivity contribution in [2.24, 2.45) is 4.99 Å². The van der Waals surface area contributed by atoms with Crippen LogP contribution >= 0.6 is 0 Å². The number of hydrogen-bond acceptors (Lipinski definition) is 7. The normalized spacial score (nSPS) is 18.7. The number of nitrogens with one attached hydrogen (secondary N) is 1. The Morgan fingerprint density at radius 1 is 1.18 bits per heavy atom. The largest absolute Gasteiger partial charge is 0.379 e. The fourth-order valence-corrected chi connectivity index (χ4v) is 3.76. The lowest BCUT2D eigenvalue weighted by Crippen LogP contribution is -2.47. The zero-order valence-electron chi connectivity index (χ0n) is 15.6. The maximum Gasteiger partial charge on any atom is 0.247 e. The van der Waals surface area contributed by atoms with Gasteiger partial charge in [-0.15, -0.1) is 0 Å². The third-order valence-corrected chi connectivity index (χ3v) is 5.40. The zero-order valence-corrected chi connectivity index (χ0v) is 15.6. The molecule has 28 heavy (non-hydrogen) atoms. The van der Waals surface area contributed by atoms with E-state index < -0.39 is 0 Å². The molecule has 1 fully saturated rings. The highest BCUT2D eigenvalue weighted by Crippen LogP contribution is 2.29. The number of amides is 1. The summed E-state index contributed by atoms with van der Waals surface area (Å²) in [6.07, 6.45) is 3.65. The molecular weight excluding hydrogens is 356 g/mol. The molecular formula is C20H22N6O2. The number of carbonyl (C=O) groups is 1. The number of benzene rings is 1. The van der Waals surface area contributed by atoms with Gasteiger partial charge in [0.25, 0.3) is 0 Å². The molecule has 0 saturated carbocycles. The number of aliphatic imine (C=N–C) groups is 1. The van der Waals surface area contributed by atoms with Crippen LogP contribution in [0.5, 0.6) is 0 Å². The standard InChI is InChI=1S/C20H22N6O2/c27-18-13-23-19-20(26(18)4-3-25-5-7-28-8-6-25)24-17(12-22-19)14-1-2-15-10-21-11-16(15)9-14/h1-2,9,11-12H,3-8,10,13H2,(H,22,23). The molecule has 0 radical (unpaired) electrons. The summed E-state index contributed by atoms with van der Waals surface area (Å²) in [5.41, 5.74) is 4.08. The maximum absolute atomic E-state index is 12.6. The third kappa shape index (κ3) is 3.25. The molecule has 4 heterocycles. The summed E-state index contributed by atoms with van der Waals surface area (Å²) in [5, 5.41) is 3.08. The van der Waals surface area contributed by atoms with Gasteiger partial charge in [-0.1, -0.05) is 12.1 Å². The highest BCUT2D eigenvalue weighted by molar-refractivity contribution is 6.01. The van der Waals surface area contributed by atoms with E-state index in [1.807, 2.05) is 12.3 Å². The van der Waals surface area contributed by atoms with Crippen molar-refractivity contribution in [1.82, 2.24) is 14.9 Å². The van der Waals surface area contributed by atoms with E-state index in [2.05, 4.69) is 32.3 Å². The minimum Gasteiger partial charge on any atom is -0.379 e. The number of anilines is 2. The Morgan fingerprint density at radius 2 is 2.07 bits per heavy atom. The maximum atomic E-state index is 12.6. The van der Waals surface area contributed by atoms with Crippen LogP contribution in [0.1, 0.15) is 11.1 Å². The topological polar surface area (TPSA) is 83.0 Å². The number of ether oxygens (including phenoxy) is 1. The minimum atomic E-state index is 0.0216. The lowest BCUT2D eigenvalue weighted by atomic mass is 10.0. The minimum absolute atomic E-state index is 0.0216. The van der Waals surface area contributed by atoms with E-state index in [-0.39, 0.29) is 12.5 Å². The van der Waals surface area contributed by atoms with Gasteiger partial charge in [0.2, 0.25) is 5.91 Å². The molecule has 1 N–H and O–H groups in total. The van der Waals surface area contributed by atoms with Crippen LogP contribution in [0.25, 0.3) is 11.3 Å². The number of hydrogen-bond donors (Lipinski definition) is 1. The second-order valence-corrected chi connectivity index (χ2v) is 7.16. The second kappa shape index (κ2) is 7.29. The highest BCUT2D eigenvalue weighted by Gasteiger charge is 2.27. The van der Waals surface area contributed by atoms with Crippen LogP contribution in [0.3, 0.4) is 0 Å². The van der Waals surface area contributed by atoms with Crippen molar-refractivity contribution < 1.29 is 9.53 Å². The lowest BCUT2D eigenvalue weighted by Gasteiger charge is -2.32. The second-order valence-electron chi connectivity index (χ2n) is 7.16. The molecule has 1 aromatic carbocycles. The molecule has 1 aromatic heterocycles. The summed E-state index contributed by atoms with van der Waals surface area (Å²) in [7, 11) is 0. The smallest absolute Gasteiger partial charge is 0.247 e. The van der Waals surface area contributed by atoms with Crippen LogP contribution in [0.2, 0.25) is 0 Å². The van der Waals surface area contributed by atoms with E-state index in [1.54, 1.807) is 11.1 Å². The van der Waals surface area contributed by atoms with E-state index in [0.717, 1.165) is 56.2 Å². The summed E-state index contributed by atoms with van der Waals surface area (Å²) < 4.78 is 5.40. The fraction of sp³-hybridized carbons (Fsp3) is 0.400. The van der Waals surface area contributed by atoms with E-state index >= 15 is 0 Å². The predicted molar refractivity (Wildman–Crippen MR) is 107 cm³/mol. The van der Waals surface area contributed by atoms with Crippen LogP contribution in [-0.4, -0.2) is 72.9 Å². The van der Waals surface area contributed by atoms with Gasteiger partial charge in [0, 0.05) is 38.0 Å². The van der Waals surface area contributed by atoms with Crippen molar-refractivity contribution in [3.8, 4) is 11.3 Å². The SMILES string of the molecule is O=C1CNc2ncc(-c3ccc4c(c3)C=NC4)nc2N1CCN1CCOCC1. The first kappa shape index (κ1) is 17.3. The van der Waals surface area contributed by atoms with Crippen LogP contribution in [-0.2, 0) is 16.1 Å². The van der Waals surface area contributed by atoms with Crippen molar-refractivity contribution in [3.63, 3.8) is 0 Å². The quantitative estimate of drug-likeness (QED) is 0.860. The summed E-state index contributed by atoms with van der Waals surface area (Å²) in [6, 6.07) is 6.21. The van der Waals surface area contributed by atoms with Gasteiger partial charge >= 0.3 is 0 Å². The number of fused-ring (bicyclic) bond motifs is 2. The Labute approximate surface area is 163 Å². The Balaban J connectivity index is 1.42. The van der Waals surface area contributed by atoms with E-state index in [9.17, 15) is 4.79 Å². The Morgan fingerprint density at radius 3 is 2.96 bits per heavy atom. The molecule has 0 aliphatic carbocycles. The van der Waals surface area contributed by atoms with Gasteiger partial charge in [-0.2, -0.15) is 0 Å². The van der Waals surface area contributed by atoms with Gasteiger partial charge in [-0.25, -0.2) is 9.97 Å². The summed E-state index contributed by atoms with van der Waals surface area (Å²) in [6.45, 7) is 5.68. The Kier molecular flexibility index (Phi) is 4.50. The van der Waals surface area contributed by atoms with Crippen molar-refractivity contribution in [2.45, 2.75) is 6.54 Å². The lowest BCUT2D eigenvalue weighted by molar-refractivity contribution is -0.117. The first-order valence-corrected chi connectivity index (χ1v) is 9.62. The average molecular weight is 378 g/mol. The van der Waals surface area contributed by atoms with Gasteiger partial charge in [-0.3, -0.25) is 19.6 Å². The molecule has 5 rings (SSSR count). The van der Waals surface area contributed by atoms with Gasteiger partial charge in [0.05, 0.1) is 38.2 Å². The molecule has 3 aliphatic rings. The average Bonchev–Trinajstić information content (AvgIpc) is 3.21.